The molecule has 0 saturated carbocycles. The standard InChI is InChI=1S/C27H42NO2.C4H6BrNO4.ClH/c1-26(2,3)22-27(4,5)24-13-15-25(16-14-24)30-20-19-29-18-17-28(6,7)21-23-11-9-8-10-12-23;5-4(6(7)8)1-9-3-10-2-4;/h8-16H,17-22H2,1-7H3;1-3H2;1H/q+1;;/p-1. The van der Waals surface area contributed by atoms with Crippen molar-refractivity contribution >= 4 is 15.9 Å². The highest BCUT2D eigenvalue weighted by atomic mass is 79.9. The maximum atomic E-state index is 10.3. The Kier molecular flexibility index (Phi) is 15.3. The Bertz CT molecular complexity index is 1020. The van der Waals surface area contributed by atoms with Gasteiger partial charge in [-0.1, -0.05) is 77.1 Å². The third kappa shape index (κ3) is 14.3. The van der Waals surface area contributed by atoms with E-state index in [0.29, 0.717) is 18.6 Å². The highest BCUT2D eigenvalue weighted by molar-refractivity contribution is 9.10. The normalized spacial score (nSPS) is 15.2. The van der Waals surface area contributed by atoms with Gasteiger partial charge >= 0.3 is 4.45 Å². The van der Waals surface area contributed by atoms with E-state index in [1.54, 1.807) is 0 Å². The number of hydrogen-bond donors (Lipinski definition) is 0. The predicted molar refractivity (Wildman–Crippen MR) is 162 cm³/mol. The molecule has 8 nitrogen and oxygen atoms in total. The summed E-state index contributed by atoms with van der Waals surface area (Å²) in [4.78, 5) is 9.82. The quantitative estimate of drug-likeness (QED) is 0.0868. The van der Waals surface area contributed by atoms with Gasteiger partial charge in [0.25, 0.3) is 0 Å². The van der Waals surface area contributed by atoms with Gasteiger partial charge in [-0.05, 0) is 34.9 Å². The number of halogens is 2. The van der Waals surface area contributed by atoms with Gasteiger partial charge in [-0.25, -0.2) is 0 Å². The maximum absolute atomic E-state index is 10.3. The van der Waals surface area contributed by atoms with Crippen molar-refractivity contribution in [2.75, 3.05) is 60.5 Å². The van der Waals surface area contributed by atoms with E-state index < -0.39 is 9.37 Å². The Hall–Kier alpha value is -1.75. The number of nitro groups is 1. The van der Waals surface area contributed by atoms with Crippen LogP contribution in [0.25, 0.3) is 0 Å². The Morgan fingerprint density at radius 1 is 0.951 bits per heavy atom. The van der Waals surface area contributed by atoms with Crippen LogP contribution in [0, 0.1) is 15.5 Å². The van der Waals surface area contributed by atoms with Gasteiger partial charge in [0.15, 0.2) is 0 Å². The van der Waals surface area contributed by atoms with Crippen molar-refractivity contribution in [3.63, 3.8) is 0 Å². The lowest BCUT2D eigenvalue weighted by atomic mass is 9.72. The van der Waals surface area contributed by atoms with Crippen LogP contribution >= 0.6 is 15.9 Å². The molecule has 0 radical (unpaired) electrons. The Balaban J connectivity index is 0.000000644. The van der Waals surface area contributed by atoms with E-state index in [4.69, 9.17) is 18.9 Å². The van der Waals surface area contributed by atoms with Crippen molar-refractivity contribution in [1.82, 2.24) is 0 Å². The topological polar surface area (TPSA) is 80.1 Å². The summed E-state index contributed by atoms with van der Waals surface area (Å²) in [5.74, 6) is 0.911. The molecule has 1 saturated heterocycles. The molecule has 0 unspecified atom stereocenters. The number of ether oxygens (including phenoxy) is 4. The number of benzene rings is 2. The molecule has 0 bridgehead atoms. The molecule has 0 aromatic heterocycles. The number of nitrogens with zero attached hydrogens (tertiary/aromatic N) is 2. The molecule has 3 rings (SSSR count). The molecule has 41 heavy (non-hydrogen) atoms. The highest BCUT2D eigenvalue weighted by Gasteiger charge is 2.43. The molecule has 0 atom stereocenters. The van der Waals surface area contributed by atoms with Gasteiger partial charge in [0, 0.05) is 26.4 Å². The molecule has 1 heterocycles. The van der Waals surface area contributed by atoms with Gasteiger partial charge in [-0.3, -0.25) is 10.1 Å². The molecule has 0 N–H and O–H groups in total. The molecule has 2 aromatic rings. The van der Waals surface area contributed by atoms with Gasteiger partial charge in [0.2, 0.25) is 0 Å². The minimum absolute atomic E-state index is 0. The van der Waals surface area contributed by atoms with E-state index in [1.807, 2.05) is 0 Å². The zero-order valence-electron chi connectivity index (χ0n) is 25.7. The van der Waals surface area contributed by atoms with E-state index in [0.717, 1.165) is 36.3 Å². The maximum Gasteiger partial charge on any atom is 0.320 e. The van der Waals surface area contributed by atoms with E-state index in [2.05, 4.69) is 119 Å². The van der Waals surface area contributed by atoms with Gasteiger partial charge in [0.05, 0.1) is 27.3 Å². The van der Waals surface area contributed by atoms with Crippen LogP contribution < -0.4 is 17.1 Å². The van der Waals surface area contributed by atoms with E-state index in [9.17, 15) is 10.1 Å². The second-order valence-electron chi connectivity index (χ2n) is 12.9. The third-order valence-corrected chi connectivity index (χ3v) is 7.29. The average Bonchev–Trinajstić information content (AvgIpc) is 2.86. The molecule has 1 aliphatic heterocycles. The minimum Gasteiger partial charge on any atom is -1.00 e. The molecule has 1 aliphatic rings. The first-order valence-corrected chi connectivity index (χ1v) is 14.6. The van der Waals surface area contributed by atoms with Gasteiger partial charge in [-0.2, -0.15) is 0 Å². The molecule has 2 aromatic carbocycles. The summed E-state index contributed by atoms with van der Waals surface area (Å²) in [5, 5.41) is 10.3. The van der Waals surface area contributed by atoms with Crippen molar-refractivity contribution in [2.24, 2.45) is 5.41 Å². The SMILES string of the molecule is CC(C)(C)CC(C)(C)c1ccc(OCCOCC[N+](C)(C)Cc2ccccc2)cc1.O=[N+]([O-])C1(Br)COCOC1.[Cl-]. The van der Waals surface area contributed by atoms with E-state index in [1.165, 1.54) is 11.1 Å². The van der Waals surface area contributed by atoms with Crippen LogP contribution in [0.5, 0.6) is 5.75 Å². The van der Waals surface area contributed by atoms with Crippen LogP contribution in [0.1, 0.15) is 52.2 Å². The fraction of sp³-hybridized carbons (Fsp3) is 0.613. The third-order valence-electron chi connectivity index (χ3n) is 6.54. The van der Waals surface area contributed by atoms with Crippen molar-refractivity contribution in [3.8, 4) is 5.75 Å². The molecule has 1 fully saturated rings. The van der Waals surface area contributed by atoms with Crippen LogP contribution in [-0.2, 0) is 26.2 Å². The minimum atomic E-state index is -1.23. The van der Waals surface area contributed by atoms with Crippen LogP contribution in [0.3, 0.4) is 0 Å². The summed E-state index contributed by atoms with van der Waals surface area (Å²) in [6.07, 6.45) is 1.15. The Morgan fingerprint density at radius 2 is 1.54 bits per heavy atom. The first-order valence-electron chi connectivity index (χ1n) is 13.8. The number of hydrogen-bond acceptors (Lipinski definition) is 6. The second kappa shape index (κ2) is 16.8. The van der Waals surface area contributed by atoms with Gasteiger partial charge < -0.3 is 35.8 Å². The highest BCUT2D eigenvalue weighted by Crippen LogP contribution is 2.36. The summed E-state index contributed by atoms with van der Waals surface area (Å²) in [5.41, 5.74) is 3.19. The van der Waals surface area contributed by atoms with Crippen LogP contribution in [0.2, 0.25) is 0 Å². The number of quaternary nitrogens is 1. The van der Waals surface area contributed by atoms with Crippen molar-refractivity contribution in [1.29, 1.82) is 0 Å². The molecule has 232 valence electrons. The lowest BCUT2D eigenvalue weighted by Gasteiger charge is -2.33. The van der Waals surface area contributed by atoms with Gasteiger partial charge in [-0.15, -0.1) is 0 Å². The van der Waals surface area contributed by atoms with Crippen LogP contribution in [0.15, 0.2) is 54.6 Å². The van der Waals surface area contributed by atoms with E-state index in [-0.39, 0.29) is 37.8 Å². The summed E-state index contributed by atoms with van der Waals surface area (Å²) in [6.45, 7) is 15.7. The molecule has 0 spiro atoms. The smallest absolute Gasteiger partial charge is 0.320 e. The Morgan fingerprint density at radius 3 is 2.05 bits per heavy atom. The largest absolute Gasteiger partial charge is 1.00 e. The fourth-order valence-corrected chi connectivity index (χ4v) is 5.14. The molecular formula is C31H48BrClN2O6. The summed E-state index contributed by atoms with van der Waals surface area (Å²) < 4.78 is 20.8. The summed E-state index contributed by atoms with van der Waals surface area (Å²) in [7, 11) is 4.49. The van der Waals surface area contributed by atoms with Crippen LogP contribution in [0.4, 0.5) is 0 Å². The fourth-order valence-electron chi connectivity index (χ4n) is 4.82. The predicted octanol–water partition coefficient (Wildman–Crippen LogP) is 3.44. The molecule has 0 aliphatic carbocycles. The Labute approximate surface area is 261 Å². The van der Waals surface area contributed by atoms with Crippen LogP contribution in [-0.4, -0.2) is 74.3 Å². The second-order valence-corrected chi connectivity index (χ2v) is 14.4. The molecular weight excluding hydrogens is 612 g/mol. The van der Waals surface area contributed by atoms with Crippen molar-refractivity contribution in [2.45, 2.75) is 57.4 Å². The van der Waals surface area contributed by atoms with E-state index >= 15 is 0 Å². The average molecular weight is 660 g/mol. The summed E-state index contributed by atoms with van der Waals surface area (Å²) in [6, 6.07) is 19.2. The zero-order chi connectivity index (χ0) is 29.9. The first kappa shape index (κ1) is 37.3. The first-order chi connectivity index (χ1) is 18.6. The molecule has 0 amide bonds. The lowest BCUT2D eigenvalue weighted by molar-refractivity contribution is -0.904. The van der Waals surface area contributed by atoms with Gasteiger partial charge in [0.1, 0.15) is 45.5 Å². The number of likely N-dealkylation sites (N-methyl/N-ethyl adjacent to an activating group) is 1. The van der Waals surface area contributed by atoms with Crippen molar-refractivity contribution < 1.29 is 40.8 Å². The zero-order valence-corrected chi connectivity index (χ0v) is 28.0. The molecule has 10 heteroatoms. The number of alkyl halides is 1. The van der Waals surface area contributed by atoms with Crippen molar-refractivity contribution in [3.05, 3.63) is 75.8 Å². The number of rotatable bonds is 12. The monoisotopic (exact) mass is 658 g/mol. The lowest BCUT2D eigenvalue weighted by Crippen LogP contribution is -3.00. The summed E-state index contributed by atoms with van der Waals surface area (Å²) >= 11 is 2.91.